The number of aryl methyl sites for hydroxylation is 1. The summed E-state index contributed by atoms with van der Waals surface area (Å²) < 4.78 is 1.21. The van der Waals surface area contributed by atoms with E-state index in [0.29, 0.717) is 5.69 Å². The molecule has 0 unspecified atom stereocenters. The number of hydrogen-bond donors (Lipinski definition) is 1. The van der Waals surface area contributed by atoms with Crippen LogP contribution in [0.1, 0.15) is 5.56 Å². The summed E-state index contributed by atoms with van der Waals surface area (Å²) in [6, 6.07) is 6.85. The van der Waals surface area contributed by atoms with E-state index in [1.807, 2.05) is 12.1 Å². The summed E-state index contributed by atoms with van der Waals surface area (Å²) in [5.74, 6) is 0. The third-order valence-corrected chi connectivity index (χ3v) is 2.07. The van der Waals surface area contributed by atoms with Crippen LogP contribution in [0.4, 0.5) is 0 Å². The van der Waals surface area contributed by atoms with Gasteiger partial charge in [-0.05, 0) is 12.1 Å². The van der Waals surface area contributed by atoms with Gasteiger partial charge in [-0.15, -0.1) is 0 Å². The third kappa shape index (κ3) is 1.53. The van der Waals surface area contributed by atoms with E-state index >= 15 is 0 Å². The summed E-state index contributed by atoms with van der Waals surface area (Å²) >= 11 is 0. The van der Waals surface area contributed by atoms with E-state index in [1.54, 1.807) is 19.3 Å². The average Bonchev–Trinajstić information content (AvgIpc) is 2.74. The number of aromatic amines is 1. The SMILES string of the molecule is Cn1nc(-c2ccc[nH]2)c(C#N)cc1=O. The van der Waals surface area contributed by atoms with E-state index in [1.165, 1.54) is 10.7 Å². The van der Waals surface area contributed by atoms with E-state index < -0.39 is 0 Å². The van der Waals surface area contributed by atoms with E-state index in [-0.39, 0.29) is 11.1 Å². The molecule has 2 rings (SSSR count). The van der Waals surface area contributed by atoms with Crippen molar-refractivity contribution in [2.24, 2.45) is 7.05 Å². The Morgan fingerprint density at radius 1 is 1.60 bits per heavy atom. The molecular weight excluding hydrogens is 192 g/mol. The van der Waals surface area contributed by atoms with Gasteiger partial charge in [-0.3, -0.25) is 4.79 Å². The molecule has 74 valence electrons. The molecule has 0 aliphatic heterocycles. The number of aromatic nitrogens is 3. The van der Waals surface area contributed by atoms with E-state index in [9.17, 15) is 4.79 Å². The Balaban J connectivity index is 2.72. The van der Waals surface area contributed by atoms with Crippen molar-refractivity contribution in [2.75, 3.05) is 0 Å². The molecule has 1 N–H and O–H groups in total. The molecule has 0 aromatic carbocycles. The van der Waals surface area contributed by atoms with Crippen LogP contribution in [0.25, 0.3) is 11.4 Å². The molecule has 0 spiro atoms. The van der Waals surface area contributed by atoms with Crippen LogP contribution in [0.2, 0.25) is 0 Å². The Morgan fingerprint density at radius 3 is 3.00 bits per heavy atom. The molecule has 0 aliphatic rings. The molecular formula is C10H8N4O. The van der Waals surface area contributed by atoms with Crippen molar-refractivity contribution in [1.29, 1.82) is 5.26 Å². The normalized spacial score (nSPS) is 9.87. The fourth-order valence-corrected chi connectivity index (χ4v) is 1.30. The summed E-state index contributed by atoms with van der Waals surface area (Å²) in [6.45, 7) is 0. The highest BCUT2D eigenvalue weighted by molar-refractivity contribution is 5.62. The largest absolute Gasteiger partial charge is 0.360 e. The van der Waals surface area contributed by atoms with Gasteiger partial charge in [0.25, 0.3) is 5.56 Å². The van der Waals surface area contributed by atoms with Gasteiger partial charge in [0.1, 0.15) is 11.8 Å². The van der Waals surface area contributed by atoms with Crippen molar-refractivity contribution in [3.8, 4) is 17.5 Å². The van der Waals surface area contributed by atoms with E-state index in [4.69, 9.17) is 5.26 Å². The number of rotatable bonds is 1. The number of hydrogen-bond acceptors (Lipinski definition) is 3. The summed E-state index contributed by atoms with van der Waals surface area (Å²) in [7, 11) is 1.55. The van der Waals surface area contributed by atoms with Crippen LogP contribution in [-0.4, -0.2) is 14.8 Å². The van der Waals surface area contributed by atoms with Crippen molar-refractivity contribution < 1.29 is 0 Å². The third-order valence-electron chi connectivity index (χ3n) is 2.07. The molecule has 0 aliphatic carbocycles. The predicted molar refractivity (Wildman–Crippen MR) is 54.0 cm³/mol. The first-order valence-corrected chi connectivity index (χ1v) is 4.34. The topological polar surface area (TPSA) is 74.5 Å². The zero-order valence-electron chi connectivity index (χ0n) is 8.06. The maximum Gasteiger partial charge on any atom is 0.267 e. The Bertz CT molecular complexity index is 574. The summed E-state index contributed by atoms with van der Waals surface area (Å²) in [5, 5.41) is 12.9. The summed E-state index contributed by atoms with van der Waals surface area (Å²) in [5.41, 5.74) is 1.20. The first kappa shape index (κ1) is 9.21. The highest BCUT2D eigenvalue weighted by Crippen LogP contribution is 2.16. The molecule has 5 nitrogen and oxygen atoms in total. The van der Waals surface area contributed by atoms with Crippen molar-refractivity contribution in [1.82, 2.24) is 14.8 Å². The van der Waals surface area contributed by atoms with Crippen LogP contribution in [0.3, 0.4) is 0 Å². The zero-order valence-corrected chi connectivity index (χ0v) is 8.06. The van der Waals surface area contributed by atoms with Crippen LogP contribution >= 0.6 is 0 Å². The van der Waals surface area contributed by atoms with Crippen LogP contribution in [0.5, 0.6) is 0 Å². The van der Waals surface area contributed by atoms with Crippen LogP contribution in [0, 0.1) is 11.3 Å². The molecule has 0 radical (unpaired) electrons. The second-order valence-corrected chi connectivity index (χ2v) is 3.06. The van der Waals surface area contributed by atoms with Gasteiger partial charge in [-0.2, -0.15) is 10.4 Å². The lowest BCUT2D eigenvalue weighted by Gasteiger charge is -2.02. The molecule has 0 atom stereocenters. The maximum absolute atomic E-state index is 11.3. The quantitative estimate of drug-likeness (QED) is 0.734. The van der Waals surface area contributed by atoms with Gasteiger partial charge in [0.05, 0.1) is 11.3 Å². The molecule has 0 fully saturated rings. The van der Waals surface area contributed by atoms with Gasteiger partial charge >= 0.3 is 0 Å². The first-order valence-electron chi connectivity index (χ1n) is 4.34. The van der Waals surface area contributed by atoms with Gasteiger partial charge in [-0.1, -0.05) is 0 Å². The minimum atomic E-state index is -0.290. The second kappa shape index (κ2) is 3.42. The van der Waals surface area contributed by atoms with Crippen molar-refractivity contribution in [3.05, 3.63) is 40.3 Å². The molecule has 2 aromatic heterocycles. The molecule has 0 bridgehead atoms. The molecule has 2 aromatic rings. The Labute approximate surface area is 85.6 Å². The van der Waals surface area contributed by atoms with Gasteiger partial charge in [0, 0.05) is 19.3 Å². The van der Waals surface area contributed by atoms with Crippen LogP contribution < -0.4 is 5.56 Å². The van der Waals surface area contributed by atoms with Gasteiger partial charge in [-0.25, -0.2) is 4.68 Å². The lowest BCUT2D eigenvalue weighted by Crippen LogP contribution is -2.20. The smallest absolute Gasteiger partial charge is 0.267 e. The number of nitriles is 1. The van der Waals surface area contributed by atoms with Crippen molar-refractivity contribution in [3.63, 3.8) is 0 Å². The summed E-state index contributed by atoms with van der Waals surface area (Å²) in [4.78, 5) is 14.2. The second-order valence-electron chi connectivity index (χ2n) is 3.06. The fourth-order valence-electron chi connectivity index (χ4n) is 1.30. The monoisotopic (exact) mass is 200 g/mol. The highest BCUT2D eigenvalue weighted by Gasteiger charge is 2.09. The predicted octanol–water partition coefficient (Wildman–Crippen LogP) is 0.647. The lowest BCUT2D eigenvalue weighted by atomic mass is 10.2. The number of nitrogens with zero attached hydrogens (tertiary/aromatic N) is 3. The van der Waals surface area contributed by atoms with Crippen molar-refractivity contribution >= 4 is 0 Å². The molecule has 5 heteroatoms. The molecule has 2 heterocycles. The number of H-pyrrole nitrogens is 1. The lowest BCUT2D eigenvalue weighted by molar-refractivity contribution is 0.709. The van der Waals surface area contributed by atoms with E-state index in [0.717, 1.165) is 5.69 Å². The minimum Gasteiger partial charge on any atom is -0.360 e. The molecule has 15 heavy (non-hydrogen) atoms. The average molecular weight is 200 g/mol. The van der Waals surface area contributed by atoms with Gasteiger partial charge < -0.3 is 4.98 Å². The minimum absolute atomic E-state index is 0.278. The van der Waals surface area contributed by atoms with Gasteiger partial charge in [0.2, 0.25) is 0 Å². The Hall–Kier alpha value is -2.35. The highest BCUT2D eigenvalue weighted by atomic mass is 16.1. The van der Waals surface area contributed by atoms with E-state index in [2.05, 4.69) is 10.1 Å². The standard InChI is InChI=1S/C10H8N4O/c1-14-9(15)5-7(6-11)10(13-14)8-3-2-4-12-8/h2-5,12H,1H3. The van der Waals surface area contributed by atoms with Crippen LogP contribution in [0.15, 0.2) is 29.2 Å². The molecule has 0 saturated carbocycles. The maximum atomic E-state index is 11.3. The molecule has 0 saturated heterocycles. The van der Waals surface area contributed by atoms with Gasteiger partial charge in [0.15, 0.2) is 0 Å². The number of nitrogens with one attached hydrogen (secondary N) is 1. The zero-order chi connectivity index (χ0) is 10.8. The Morgan fingerprint density at radius 2 is 2.40 bits per heavy atom. The Kier molecular flexibility index (Phi) is 2.10. The molecule has 0 amide bonds. The summed E-state index contributed by atoms with van der Waals surface area (Å²) in [6.07, 6.45) is 1.74. The first-order chi connectivity index (χ1) is 7.22. The van der Waals surface area contributed by atoms with Crippen LogP contribution in [-0.2, 0) is 7.05 Å². The fraction of sp³-hybridized carbons (Fsp3) is 0.100. The van der Waals surface area contributed by atoms with Crippen molar-refractivity contribution in [2.45, 2.75) is 0 Å².